The van der Waals surface area contributed by atoms with Crippen LogP contribution in [0.3, 0.4) is 0 Å². The van der Waals surface area contributed by atoms with Crippen LogP contribution in [0.15, 0.2) is 0 Å². The van der Waals surface area contributed by atoms with Gasteiger partial charge in [-0.25, -0.2) is 0 Å². The van der Waals surface area contributed by atoms with Crippen molar-refractivity contribution >= 4 is 0 Å². The predicted octanol–water partition coefficient (Wildman–Crippen LogP) is 2.06. The Morgan fingerprint density at radius 2 is 0.778 bits per heavy atom. The molecule has 0 aliphatic rings. The van der Waals surface area contributed by atoms with Crippen LogP contribution in [0.25, 0.3) is 0 Å². The van der Waals surface area contributed by atoms with E-state index in [2.05, 4.69) is 20.8 Å². The average Bonchev–Trinajstić information content (AvgIpc) is 0.811. The number of rotatable bonds is 0. The first-order valence-electron chi connectivity index (χ1n) is 1.50. The van der Waals surface area contributed by atoms with E-state index in [-0.39, 0.29) is 91.7 Å². The fourth-order valence-electron chi connectivity index (χ4n) is 0. The molecule has 0 aromatic carbocycles. The zero-order valence-corrected chi connectivity index (χ0v) is 17.9. The first-order chi connectivity index (χ1) is 1.73. The van der Waals surface area contributed by atoms with Gasteiger partial charge in [0.1, 0.15) is 0 Å². The van der Waals surface area contributed by atoms with E-state index in [0.717, 1.165) is 0 Å². The third-order valence-electron chi connectivity index (χ3n) is 0. The minimum atomic E-state index is 0. The van der Waals surface area contributed by atoms with Crippen molar-refractivity contribution in [1.29, 1.82) is 0 Å². The van der Waals surface area contributed by atoms with Gasteiger partial charge in [-0.05, 0) is 0 Å². The Balaban J connectivity index is -0.00000000450. The van der Waals surface area contributed by atoms with Crippen molar-refractivity contribution in [1.82, 2.24) is 0 Å². The van der Waals surface area contributed by atoms with E-state index in [4.69, 9.17) is 0 Å². The number of hydrogen-bond acceptors (Lipinski definition) is 0. The molecule has 0 radical (unpaired) electrons. The van der Waals surface area contributed by atoms with Crippen LogP contribution in [0.2, 0.25) is 0 Å². The molecular formula is C5H12W4. The summed E-state index contributed by atoms with van der Waals surface area (Å²) in [6, 6.07) is 0. The smallest absolute Gasteiger partial charge is 0.358 e. The molecule has 0 rings (SSSR count). The van der Waals surface area contributed by atoms with Gasteiger partial charge in [-0.3, -0.25) is 0 Å². The molecule has 9 heavy (non-hydrogen) atoms. The molecule has 0 saturated heterocycles. The molecule has 0 heterocycles. The zero-order valence-electron chi connectivity index (χ0n) is 6.13. The number of hydrogen-bond donors (Lipinski definition) is 0. The Morgan fingerprint density at radius 3 is 0.778 bits per heavy atom. The molecule has 0 bridgehead atoms. The van der Waals surface area contributed by atoms with Crippen molar-refractivity contribution < 1.29 is 84.3 Å². The summed E-state index contributed by atoms with van der Waals surface area (Å²) in [5, 5.41) is 0. The molecular weight excluding hydrogens is 795 g/mol. The van der Waals surface area contributed by atoms with Crippen LogP contribution >= 0.6 is 0 Å². The van der Waals surface area contributed by atoms with Crippen LogP contribution < -0.4 is 0 Å². The Hall–Kier alpha value is 2.75. The quantitative estimate of drug-likeness (QED) is 0.330. The molecule has 0 atom stereocenters. The molecule has 0 spiro atoms. The summed E-state index contributed by atoms with van der Waals surface area (Å²) >= 11 is 0. The van der Waals surface area contributed by atoms with Crippen LogP contribution in [0, 0.1) is 13.3 Å². The second-order valence-corrected chi connectivity index (χ2v) is 1.50. The summed E-state index contributed by atoms with van der Waals surface area (Å²) in [4.78, 5) is 0. The van der Waals surface area contributed by atoms with Crippen LogP contribution in [0.5, 0.6) is 0 Å². The first kappa shape index (κ1) is 41.1. The molecule has 0 saturated carbocycles. The molecule has 0 N–H and O–H groups in total. The second kappa shape index (κ2) is 30.9. The zero-order chi connectivity index (χ0) is 3.58. The fraction of sp³-hybridized carbons (Fsp3) is 0.600. The summed E-state index contributed by atoms with van der Waals surface area (Å²) in [6.45, 7) is 6.25. The Kier molecular flexibility index (Phi) is 141. The molecule has 0 aromatic rings. The Bertz CT molecular complexity index is 13.7. The van der Waals surface area contributed by atoms with Gasteiger partial charge in [0.15, 0.2) is 0 Å². The molecule has 56 valence electrons. The minimum Gasteiger partial charge on any atom is -0.358 e. The Morgan fingerprint density at radius 1 is 0.778 bits per heavy atom. The molecule has 0 unspecified atom stereocenters. The van der Waals surface area contributed by atoms with E-state index in [1.165, 1.54) is 5.92 Å². The van der Waals surface area contributed by atoms with Gasteiger partial charge in [-0.1, -0.05) is 0 Å². The summed E-state index contributed by atoms with van der Waals surface area (Å²) in [7, 11) is 0. The summed E-state index contributed by atoms with van der Waals surface area (Å²) < 4.78 is 0. The van der Waals surface area contributed by atoms with E-state index in [1.807, 2.05) is 0 Å². The normalized spacial score (nSPS) is 4.00. The maximum atomic E-state index is 2.08. The van der Waals surface area contributed by atoms with Gasteiger partial charge in [-0.2, -0.15) is 20.8 Å². The summed E-state index contributed by atoms with van der Waals surface area (Å²) in [6.07, 6.45) is 0. The molecule has 0 aromatic heterocycles. The van der Waals surface area contributed by atoms with Crippen molar-refractivity contribution in [3.05, 3.63) is 13.3 Å². The third kappa shape index (κ3) is 109. The third-order valence-corrected chi connectivity index (χ3v) is 0. The van der Waals surface area contributed by atoms with Crippen LogP contribution in [-0.2, 0) is 84.3 Å². The van der Waals surface area contributed by atoms with Crippen molar-refractivity contribution in [2.24, 2.45) is 0 Å². The van der Waals surface area contributed by atoms with Crippen molar-refractivity contribution in [3.63, 3.8) is 0 Å². The molecule has 4 heteroatoms. The van der Waals surface area contributed by atoms with Gasteiger partial charge in [0.25, 0.3) is 0 Å². The fourth-order valence-corrected chi connectivity index (χ4v) is 0. The summed E-state index contributed by atoms with van der Waals surface area (Å²) in [5.74, 6) is 1.42. The molecule has 0 fully saturated rings. The van der Waals surface area contributed by atoms with Crippen molar-refractivity contribution in [2.45, 2.75) is 20.8 Å². The molecule has 0 aliphatic heterocycles. The van der Waals surface area contributed by atoms with E-state index in [1.54, 1.807) is 0 Å². The monoisotopic (exact) mass is 808 g/mol. The molecule has 0 amide bonds. The summed E-state index contributed by atoms with van der Waals surface area (Å²) in [5.41, 5.74) is 0. The van der Waals surface area contributed by atoms with E-state index >= 15 is 0 Å². The SMILES string of the molecule is C[C-](C)C.[CH3-].[W+2].[W].[W].[W]. The molecule has 0 nitrogen and oxygen atoms in total. The average molecular weight is 808 g/mol. The van der Waals surface area contributed by atoms with Crippen LogP contribution in [0.4, 0.5) is 0 Å². The molecule has 0 aliphatic carbocycles. The largest absolute Gasteiger partial charge is 2.00 e. The Labute approximate surface area is 117 Å². The topological polar surface area (TPSA) is 0 Å². The standard InChI is InChI=1S/C4H9.CH3.4W/c1-4(2)3;;;;;/h1-3H3;1H3;;;;/q2*-1;;;;+2. The van der Waals surface area contributed by atoms with Crippen molar-refractivity contribution in [3.8, 4) is 0 Å². The van der Waals surface area contributed by atoms with Crippen molar-refractivity contribution in [2.75, 3.05) is 0 Å². The van der Waals surface area contributed by atoms with Gasteiger partial charge < -0.3 is 13.3 Å². The van der Waals surface area contributed by atoms with E-state index in [9.17, 15) is 0 Å². The first-order valence-corrected chi connectivity index (χ1v) is 1.50. The second-order valence-electron chi connectivity index (χ2n) is 1.50. The minimum absolute atomic E-state index is 0. The van der Waals surface area contributed by atoms with Gasteiger partial charge in [0, 0.05) is 63.2 Å². The van der Waals surface area contributed by atoms with E-state index in [0.29, 0.717) is 0 Å². The maximum Gasteiger partial charge on any atom is 2.00 e. The van der Waals surface area contributed by atoms with Gasteiger partial charge in [-0.15, -0.1) is 0 Å². The van der Waals surface area contributed by atoms with Crippen LogP contribution in [0.1, 0.15) is 20.8 Å². The predicted molar refractivity (Wildman–Crippen MR) is 26.7 cm³/mol. The van der Waals surface area contributed by atoms with Gasteiger partial charge >= 0.3 is 21.1 Å². The van der Waals surface area contributed by atoms with Gasteiger partial charge in [0.2, 0.25) is 0 Å². The van der Waals surface area contributed by atoms with Crippen LogP contribution in [-0.4, -0.2) is 0 Å². The maximum absolute atomic E-state index is 2.08. The van der Waals surface area contributed by atoms with E-state index < -0.39 is 0 Å². The van der Waals surface area contributed by atoms with Gasteiger partial charge in [0.05, 0.1) is 0 Å².